The Bertz CT molecular complexity index is 393. The van der Waals surface area contributed by atoms with E-state index in [1.807, 2.05) is 0 Å². The Morgan fingerprint density at radius 2 is 2.24 bits per heavy atom. The van der Waals surface area contributed by atoms with Gasteiger partial charge in [-0.05, 0) is 38.3 Å². The van der Waals surface area contributed by atoms with Crippen molar-refractivity contribution in [3.8, 4) is 11.5 Å². The molecule has 1 fully saturated rings. The van der Waals surface area contributed by atoms with Crippen LogP contribution in [-0.4, -0.2) is 23.3 Å². The van der Waals surface area contributed by atoms with Crippen molar-refractivity contribution in [1.29, 1.82) is 0 Å². The van der Waals surface area contributed by atoms with Crippen LogP contribution in [0.15, 0.2) is 6.07 Å². The summed E-state index contributed by atoms with van der Waals surface area (Å²) in [6.45, 7) is 1.78. The molecule has 1 heterocycles. The van der Waals surface area contributed by atoms with E-state index in [4.69, 9.17) is 11.6 Å². The zero-order valence-electron chi connectivity index (χ0n) is 9.34. The Kier molecular flexibility index (Phi) is 3.74. The molecule has 0 radical (unpaired) electrons. The second-order valence-electron chi connectivity index (χ2n) is 4.44. The van der Waals surface area contributed by atoms with E-state index in [0.717, 1.165) is 32.0 Å². The molecule has 1 saturated heterocycles. The van der Waals surface area contributed by atoms with Crippen molar-refractivity contribution in [2.45, 2.75) is 19.3 Å². The van der Waals surface area contributed by atoms with Gasteiger partial charge >= 0.3 is 0 Å². The molecule has 1 aliphatic rings. The van der Waals surface area contributed by atoms with Crippen LogP contribution >= 0.6 is 11.6 Å². The minimum atomic E-state index is -0.632. The zero-order valence-corrected chi connectivity index (χ0v) is 10.1. The Morgan fingerprint density at radius 1 is 1.47 bits per heavy atom. The van der Waals surface area contributed by atoms with Gasteiger partial charge in [-0.2, -0.15) is 0 Å². The topological polar surface area (TPSA) is 52.5 Å². The van der Waals surface area contributed by atoms with E-state index < -0.39 is 11.6 Å². The molecule has 0 aromatic heterocycles. The highest BCUT2D eigenvalue weighted by Crippen LogP contribution is 2.37. The summed E-state index contributed by atoms with van der Waals surface area (Å²) in [5, 5.41) is 22.2. The molecule has 1 aliphatic heterocycles. The van der Waals surface area contributed by atoms with Gasteiger partial charge in [0.05, 0.1) is 5.02 Å². The van der Waals surface area contributed by atoms with Crippen LogP contribution < -0.4 is 5.32 Å². The van der Waals surface area contributed by atoms with Crippen molar-refractivity contribution in [2.24, 2.45) is 5.92 Å². The first-order chi connectivity index (χ1) is 8.09. The molecule has 17 heavy (non-hydrogen) atoms. The highest BCUT2D eigenvalue weighted by molar-refractivity contribution is 6.31. The number of aromatic hydroxyl groups is 2. The molecule has 0 spiro atoms. The van der Waals surface area contributed by atoms with Crippen molar-refractivity contribution in [3.05, 3.63) is 22.5 Å². The lowest BCUT2D eigenvalue weighted by molar-refractivity contribution is 0.355. The maximum atomic E-state index is 13.8. The summed E-state index contributed by atoms with van der Waals surface area (Å²) in [6, 6.07) is 1.02. The summed E-state index contributed by atoms with van der Waals surface area (Å²) in [6.07, 6.45) is 2.41. The molecule has 1 unspecified atom stereocenters. The van der Waals surface area contributed by atoms with E-state index in [0.29, 0.717) is 6.42 Å². The first-order valence-electron chi connectivity index (χ1n) is 5.69. The van der Waals surface area contributed by atoms with Crippen LogP contribution in [0.25, 0.3) is 0 Å². The summed E-state index contributed by atoms with van der Waals surface area (Å²) in [5.41, 5.74) is 0.115. The highest BCUT2D eigenvalue weighted by Gasteiger charge is 2.21. The van der Waals surface area contributed by atoms with Gasteiger partial charge in [0, 0.05) is 11.6 Å². The Balaban J connectivity index is 2.24. The third-order valence-corrected chi connectivity index (χ3v) is 3.43. The van der Waals surface area contributed by atoms with Crippen molar-refractivity contribution in [2.75, 3.05) is 13.1 Å². The van der Waals surface area contributed by atoms with E-state index in [9.17, 15) is 14.6 Å². The predicted molar refractivity (Wildman–Crippen MR) is 64.0 cm³/mol. The van der Waals surface area contributed by atoms with Gasteiger partial charge in [0.2, 0.25) is 0 Å². The maximum Gasteiger partial charge on any atom is 0.163 e. The predicted octanol–water partition coefficient (Wildman–Crippen LogP) is 2.43. The minimum absolute atomic E-state index is 0.115. The quantitative estimate of drug-likeness (QED) is 0.715. The summed E-state index contributed by atoms with van der Waals surface area (Å²) >= 11 is 5.65. The van der Waals surface area contributed by atoms with Crippen LogP contribution in [0.2, 0.25) is 5.02 Å². The molecular formula is C12H15ClFNO2. The fourth-order valence-corrected chi connectivity index (χ4v) is 2.45. The highest BCUT2D eigenvalue weighted by atomic mass is 35.5. The first-order valence-corrected chi connectivity index (χ1v) is 6.07. The number of hydrogen-bond donors (Lipinski definition) is 3. The van der Waals surface area contributed by atoms with E-state index in [1.54, 1.807) is 0 Å². The Labute approximate surface area is 104 Å². The molecule has 0 saturated carbocycles. The Morgan fingerprint density at radius 3 is 2.88 bits per heavy atom. The van der Waals surface area contributed by atoms with Gasteiger partial charge in [0.15, 0.2) is 11.5 Å². The van der Waals surface area contributed by atoms with Crippen LogP contribution in [0.3, 0.4) is 0 Å². The van der Waals surface area contributed by atoms with Gasteiger partial charge in [0.1, 0.15) is 5.82 Å². The molecule has 94 valence electrons. The number of rotatable bonds is 2. The average molecular weight is 260 g/mol. The van der Waals surface area contributed by atoms with Crippen LogP contribution in [-0.2, 0) is 6.42 Å². The standard InChI is InChI=1S/C12H15ClFNO2/c13-9-5-10(16)12(17)8(11(9)14)4-7-2-1-3-15-6-7/h5,7,15-17H,1-4,6H2. The summed E-state index contributed by atoms with van der Waals surface area (Å²) in [7, 11) is 0. The average Bonchev–Trinajstić information content (AvgIpc) is 2.33. The van der Waals surface area contributed by atoms with Crippen molar-refractivity contribution in [1.82, 2.24) is 5.32 Å². The minimum Gasteiger partial charge on any atom is -0.504 e. The summed E-state index contributed by atoms with van der Waals surface area (Å²) in [5.74, 6) is -1.12. The second kappa shape index (κ2) is 5.10. The third kappa shape index (κ3) is 2.64. The number of nitrogens with one attached hydrogen (secondary N) is 1. The number of benzene rings is 1. The van der Waals surface area contributed by atoms with Gasteiger partial charge in [0.25, 0.3) is 0 Å². The number of piperidine rings is 1. The van der Waals surface area contributed by atoms with E-state index >= 15 is 0 Å². The fraction of sp³-hybridized carbons (Fsp3) is 0.500. The number of phenolic OH excluding ortho intramolecular Hbond substituents is 2. The number of phenols is 2. The van der Waals surface area contributed by atoms with Crippen LogP contribution in [0.4, 0.5) is 4.39 Å². The van der Waals surface area contributed by atoms with Gasteiger partial charge in [-0.15, -0.1) is 0 Å². The molecule has 1 atom stereocenters. The van der Waals surface area contributed by atoms with E-state index in [1.165, 1.54) is 0 Å². The van der Waals surface area contributed by atoms with Gasteiger partial charge in [-0.1, -0.05) is 11.6 Å². The normalized spacial score (nSPS) is 20.5. The van der Waals surface area contributed by atoms with Crippen LogP contribution in [0, 0.1) is 11.7 Å². The van der Waals surface area contributed by atoms with Gasteiger partial charge < -0.3 is 15.5 Å². The Hall–Kier alpha value is -1.00. The van der Waals surface area contributed by atoms with E-state index in [-0.39, 0.29) is 22.3 Å². The molecule has 3 N–H and O–H groups in total. The number of halogens is 2. The monoisotopic (exact) mass is 259 g/mol. The van der Waals surface area contributed by atoms with Crippen molar-refractivity contribution < 1.29 is 14.6 Å². The lowest BCUT2D eigenvalue weighted by Crippen LogP contribution is -2.31. The van der Waals surface area contributed by atoms with Gasteiger partial charge in [-0.3, -0.25) is 0 Å². The molecule has 0 aliphatic carbocycles. The first kappa shape index (κ1) is 12.5. The van der Waals surface area contributed by atoms with Crippen molar-refractivity contribution >= 4 is 11.6 Å². The maximum absolute atomic E-state index is 13.8. The zero-order chi connectivity index (χ0) is 12.4. The third-order valence-electron chi connectivity index (χ3n) is 3.16. The lowest BCUT2D eigenvalue weighted by atomic mass is 9.91. The van der Waals surface area contributed by atoms with Crippen LogP contribution in [0.1, 0.15) is 18.4 Å². The second-order valence-corrected chi connectivity index (χ2v) is 4.84. The SMILES string of the molecule is Oc1cc(Cl)c(F)c(CC2CCCNC2)c1O. The molecule has 5 heteroatoms. The molecule has 1 aromatic rings. The fourth-order valence-electron chi connectivity index (χ4n) is 2.23. The molecule has 0 bridgehead atoms. The van der Waals surface area contributed by atoms with E-state index in [2.05, 4.69) is 5.32 Å². The van der Waals surface area contributed by atoms with Gasteiger partial charge in [-0.25, -0.2) is 4.39 Å². The molecule has 1 aromatic carbocycles. The van der Waals surface area contributed by atoms with Crippen molar-refractivity contribution in [3.63, 3.8) is 0 Å². The summed E-state index contributed by atoms with van der Waals surface area (Å²) < 4.78 is 13.8. The molecule has 3 nitrogen and oxygen atoms in total. The molecule has 0 amide bonds. The largest absolute Gasteiger partial charge is 0.504 e. The molecule has 2 rings (SSSR count). The smallest absolute Gasteiger partial charge is 0.163 e. The summed E-state index contributed by atoms with van der Waals surface area (Å²) in [4.78, 5) is 0. The molecular weight excluding hydrogens is 245 g/mol. The van der Waals surface area contributed by atoms with Crippen LogP contribution in [0.5, 0.6) is 11.5 Å². The lowest BCUT2D eigenvalue weighted by Gasteiger charge is -2.23. The number of hydrogen-bond acceptors (Lipinski definition) is 3.